The first-order chi connectivity index (χ1) is 11.6. The van der Waals surface area contributed by atoms with Gasteiger partial charge < -0.3 is 15.4 Å². The smallest absolute Gasteiger partial charge is 0.227 e. The number of hydrogen-bond acceptors (Lipinski definition) is 3. The van der Waals surface area contributed by atoms with Crippen LogP contribution in [0.4, 0.5) is 17.1 Å². The molecule has 3 rings (SSSR count). The molecule has 4 nitrogen and oxygen atoms in total. The van der Waals surface area contributed by atoms with Crippen molar-refractivity contribution in [1.29, 1.82) is 0 Å². The molecule has 0 aromatic heterocycles. The molecule has 0 unspecified atom stereocenters. The fraction of sp³-hybridized carbons (Fsp3) is 0.278. The highest BCUT2D eigenvalue weighted by Crippen LogP contribution is 2.32. The van der Waals surface area contributed by atoms with Crippen molar-refractivity contribution in [2.75, 3.05) is 23.8 Å². The molecule has 0 saturated carbocycles. The van der Waals surface area contributed by atoms with Crippen LogP contribution < -0.4 is 10.6 Å². The van der Waals surface area contributed by atoms with E-state index in [0.717, 1.165) is 29.9 Å². The summed E-state index contributed by atoms with van der Waals surface area (Å²) in [4.78, 5) is 12.2. The van der Waals surface area contributed by atoms with Crippen LogP contribution >= 0.6 is 23.2 Å². The third-order valence-corrected chi connectivity index (χ3v) is 4.79. The van der Waals surface area contributed by atoms with Crippen LogP contribution in [0.15, 0.2) is 42.5 Å². The Kier molecular flexibility index (Phi) is 5.61. The van der Waals surface area contributed by atoms with Gasteiger partial charge >= 0.3 is 0 Å². The first kappa shape index (κ1) is 17.1. The van der Waals surface area contributed by atoms with Crippen molar-refractivity contribution >= 4 is 46.2 Å². The third-order valence-electron chi connectivity index (χ3n) is 3.98. The normalized spacial score (nSPS) is 15.1. The number of anilines is 3. The quantitative estimate of drug-likeness (QED) is 0.792. The van der Waals surface area contributed by atoms with Gasteiger partial charge in [-0.25, -0.2) is 0 Å². The van der Waals surface area contributed by atoms with E-state index < -0.39 is 0 Å². The number of nitrogens with one attached hydrogen (secondary N) is 2. The lowest BCUT2D eigenvalue weighted by Gasteiger charge is -2.21. The zero-order chi connectivity index (χ0) is 16.9. The first-order valence-electron chi connectivity index (χ1n) is 7.83. The van der Waals surface area contributed by atoms with Gasteiger partial charge in [0, 0.05) is 30.5 Å². The summed E-state index contributed by atoms with van der Waals surface area (Å²) >= 11 is 12.2. The fourth-order valence-electron chi connectivity index (χ4n) is 2.60. The number of carbonyl (C=O) groups is 1. The maximum Gasteiger partial charge on any atom is 0.227 e. The molecule has 1 amide bonds. The number of carbonyl (C=O) groups excluding carboxylic acids is 1. The highest BCUT2D eigenvalue weighted by atomic mass is 35.5. The first-order valence-corrected chi connectivity index (χ1v) is 8.59. The molecular formula is C18H18Cl2N2O2. The summed E-state index contributed by atoms with van der Waals surface area (Å²) in [6.45, 7) is 1.31. The maximum absolute atomic E-state index is 12.2. The van der Waals surface area contributed by atoms with Gasteiger partial charge in [-0.1, -0.05) is 29.3 Å². The number of hydrogen-bond donors (Lipinski definition) is 2. The van der Waals surface area contributed by atoms with E-state index in [-0.39, 0.29) is 11.8 Å². The van der Waals surface area contributed by atoms with E-state index in [9.17, 15) is 4.79 Å². The van der Waals surface area contributed by atoms with Crippen LogP contribution in [0.5, 0.6) is 0 Å². The van der Waals surface area contributed by atoms with Gasteiger partial charge in [-0.3, -0.25) is 4.79 Å². The van der Waals surface area contributed by atoms with E-state index in [1.165, 1.54) is 0 Å². The SMILES string of the molecule is O=C(Nc1ccc(Nc2cccc(Cl)c2Cl)cc1)C1CCOCC1. The predicted molar refractivity (Wildman–Crippen MR) is 98.4 cm³/mol. The fourth-order valence-corrected chi connectivity index (χ4v) is 2.94. The molecule has 1 fully saturated rings. The largest absolute Gasteiger partial charge is 0.381 e. The molecule has 0 radical (unpaired) electrons. The molecule has 2 aromatic carbocycles. The van der Waals surface area contributed by atoms with Crippen molar-refractivity contribution in [3.63, 3.8) is 0 Å². The molecule has 2 aromatic rings. The van der Waals surface area contributed by atoms with Crippen molar-refractivity contribution < 1.29 is 9.53 Å². The summed E-state index contributed by atoms with van der Waals surface area (Å²) in [7, 11) is 0. The summed E-state index contributed by atoms with van der Waals surface area (Å²) < 4.78 is 5.28. The summed E-state index contributed by atoms with van der Waals surface area (Å²) in [5.74, 6) is 0.0821. The monoisotopic (exact) mass is 364 g/mol. The highest BCUT2D eigenvalue weighted by molar-refractivity contribution is 6.43. The molecule has 6 heteroatoms. The van der Waals surface area contributed by atoms with Crippen LogP contribution in [0.3, 0.4) is 0 Å². The Bertz CT molecular complexity index is 713. The Labute approximate surface area is 151 Å². The Morgan fingerprint density at radius 1 is 1.00 bits per heavy atom. The molecule has 0 atom stereocenters. The zero-order valence-corrected chi connectivity index (χ0v) is 14.5. The molecule has 2 N–H and O–H groups in total. The summed E-state index contributed by atoms with van der Waals surface area (Å²) in [5.41, 5.74) is 2.38. The Morgan fingerprint density at radius 2 is 1.67 bits per heavy atom. The van der Waals surface area contributed by atoms with E-state index in [0.29, 0.717) is 23.3 Å². The third kappa shape index (κ3) is 4.20. The molecule has 24 heavy (non-hydrogen) atoms. The van der Waals surface area contributed by atoms with Gasteiger partial charge in [-0.2, -0.15) is 0 Å². The molecule has 1 aliphatic heterocycles. The van der Waals surface area contributed by atoms with Gasteiger partial charge in [-0.15, -0.1) is 0 Å². The highest BCUT2D eigenvalue weighted by Gasteiger charge is 2.21. The Morgan fingerprint density at radius 3 is 2.38 bits per heavy atom. The van der Waals surface area contributed by atoms with Gasteiger partial charge in [0.2, 0.25) is 5.91 Å². The van der Waals surface area contributed by atoms with Crippen LogP contribution in [-0.4, -0.2) is 19.1 Å². The molecule has 0 aliphatic carbocycles. The van der Waals surface area contributed by atoms with E-state index >= 15 is 0 Å². The number of halogens is 2. The molecule has 0 bridgehead atoms. The van der Waals surface area contributed by atoms with Crippen molar-refractivity contribution in [3.8, 4) is 0 Å². The predicted octanol–water partition coefficient (Wildman–Crippen LogP) is 5.10. The standard InChI is InChI=1S/C18H18Cl2N2O2/c19-15-2-1-3-16(17(15)20)21-13-4-6-14(7-5-13)22-18(23)12-8-10-24-11-9-12/h1-7,12,21H,8-11H2,(H,22,23). The van der Waals surface area contributed by atoms with Crippen LogP contribution in [0.25, 0.3) is 0 Å². The minimum Gasteiger partial charge on any atom is -0.381 e. The topological polar surface area (TPSA) is 50.4 Å². The number of ether oxygens (including phenoxy) is 1. The molecular weight excluding hydrogens is 347 g/mol. The van der Waals surface area contributed by atoms with Gasteiger partial charge in [0.05, 0.1) is 15.7 Å². The lowest BCUT2D eigenvalue weighted by molar-refractivity contribution is -0.122. The average molecular weight is 365 g/mol. The average Bonchev–Trinajstić information content (AvgIpc) is 2.61. The number of rotatable bonds is 4. The lowest BCUT2D eigenvalue weighted by atomic mass is 9.99. The second kappa shape index (κ2) is 7.88. The second-order valence-electron chi connectivity index (χ2n) is 5.68. The minimum atomic E-state index is 0.0295. The second-order valence-corrected chi connectivity index (χ2v) is 6.46. The number of amides is 1. The van der Waals surface area contributed by atoms with Gasteiger partial charge in [0.1, 0.15) is 0 Å². The van der Waals surface area contributed by atoms with E-state index in [1.54, 1.807) is 6.07 Å². The molecule has 126 valence electrons. The molecule has 1 saturated heterocycles. The van der Waals surface area contributed by atoms with Crippen LogP contribution in [0.2, 0.25) is 10.0 Å². The molecule has 0 spiro atoms. The van der Waals surface area contributed by atoms with Crippen LogP contribution in [0, 0.1) is 5.92 Å². The molecule has 1 aliphatic rings. The van der Waals surface area contributed by atoms with Gasteiger partial charge in [0.15, 0.2) is 0 Å². The minimum absolute atomic E-state index is 0.0295. The Balaban J connectivity index is 1.62. The van der Waals surface area contributed by atoms with Gasteiger partial charge in [-0.05, 0) is 49.2 Å². The van der Waals surface area contributed by atoms with E-state index in [4.69, 9.17) is 27.9 Å². The maximum atomic E-state index is 12.2. The zero-order valence-electron chi connectivity index (χ0n) is 13.0. The van der Waals surface area contributed by atoms with Crippen molar-refractivity contribution in [2.45, 2.75) is 12.8 Å². The van der Waals surface area contributed by atoms with Crippen LogP contribution in [0.1, 0.15) is 12.8 Å². The van der Waals surface area contributed by atoms with Crippen molar-refractivity contribution in [2.24, 2.45) is 5.92 Å². The summed E-state index contributed by atoms with van der Waals surface area (Å²) in [6, 6.07) is 12.9. The number of benzene rings is 2. The van der Waals surface area contributed by atoms with Crippen LogP contribution in [-0.2, 0) is 9.53 Å². The van der Waals surface area contributed by atoms with Crippen molar-refractivity contribution in [1.82, 2.24) is 0 Å². The lowest BCUT2D eigenvalue weighted by Crippen LogP contribution is -2.28. The van der Waals surface area contributed by atoms with Gasteiger partial charge in [0.25, 0.3) is 0 Å². The van der Waals surface area contributed by atoms with Crippen molar-refractivity contribution in [3.05, 3.63) is 52.5 Å². The van der Waals surface area contributed by atoms with E-state index in [2.05, 4.69) is 10.6 Å². The summed E-state index contributed by atoms with van der Waals surface area (Å²) in [6.07, 6.45) is 1.55. The van der Waals surface area contributed by atoms with E-state index in [1.807, 2.05) is 36.4 Å². The Hall–Kier alpha value is -1.75. The summed E-state index contributed by atoms with van der Waals surface area (Å²) in [5, 5.41) is 7.15. The molecule has 1 heterocycles.